The van der Waals surface area contributed by atoms with E-state index >= 15 is 0 Å². The topological polar surface area (TPSA) is 79.0 Å². The number of anilines is 1. The Bertz CT molecular complexity index is 804. The molecule has 0 aliphatic carbocycles. The molecule has 1 fully saturated rings. The molecule has 0 unspecified atom stereocenters. The van der Waals surface area contributed by atoms with Crippen molar-refractivity contribution < 1.29 is 17.9 Å². The maximum absolute atomic E-state index is 12.8. The number of morpholine rings is 1. The molecule has 0 bridgehead atoms. The molecule has 1 saturated heterocycles. The van der Waals surface area contributed by atoms with Gasteiger partial charge >= 0.3 is 0 Å². The number of sulfonamides is 1. The van der Waals surface area contributed by atoms with Crippen LogP contribution in [0.15, 0.2) is 23.1 Å². The third-order valence-electron chi connectivity index (χ3n) is 4.44. The highest BCUT2D eigenvalue weighted by molar-refractivity contribution is 8.23. The predicted molar refractivity (Wildman–Crippen MR) is 117 cm³/mol. The molecule has 1 heterocycles. The summed E-state index contributed by atoms with van der Waals surface area (Å²) in [7, 11) is -3.61. The molecule has 0 aromatic heterocycles. The van der Waals surface area contributed by atoms with Crippen molar-refractivity contribution in [1.29, 1.82) is 0 Å². The monoisotopic (exact) mass is 445 g/mol. The Morgan fingerprint density at radius 3 is 2.54 bits per heavy atom. The Morgan fingerprint density at radius 1 is 1.29 bits per heavy atom. The molecule has 0 spiro atoms. The van der Waals surface area contributed by atoms with Gasteiger partial charge in [-0.15, -0.1) is 0 Å². The van der Waals surface area contributed by atoms with E-state index in [1.165, 1.54) is 22.1 Å². The minimum absolute atomic E-state index is 0.168. The molecule has 10 heteroatoms. The van der Waals surface area contributed by atoms with Crippen molar-refractivity contribution in [3.05, 3.63) is 23.8 Å². The van der Waals surface area contributed by atoms with Crippen LogP contribution < -0.4 is 5.32 Å². The first-order valence-electron chi connectivity index (χ1n) is 9.19. The maximum Gasteiger partial charge on any atom is 0.243 e. The fourth-order valence-electron chi connectivity index (χ4n) is 2.72. The first kappa shape index (κ1) is 23.1. The second-order valence-corrected chi connectivity index (χ2v) is 9.82. The highest BCUT2D eigenvalue weighted by Crippen LogP contribution is 2.24. The lowest BCUT2D eigenvalue weighted by Gasteiger charge is -2.26. The number of nitrogens with zero attached hydrogens (tertiary/aromatic N) is 2. The number of benzene rings is 1. The number of hydrogen-bond donors (Lipinski definition) is 1. The lowest BCUT2D eigenvalue weighted by Crippen LogP contribution is -2.40. The summed E-state index contributed by atoms with van der Waals surface area (Å²) >= 11 is 6.64. The smallest absolute Gasteiger partial charge is 0.243 e. The second kappa shape index (κ2) is 10.5. The molecule has 1 aromatic carbocycles. The van der Waals surface area contributed by atoms with Gasteiger partial charge < -0.3 is 15.0 Å². The zero-order valence-corrected chi connectivity index (χ0v) is 18.9. The van der Waals surface area contributed by atoms with Crippen molar-refractivity contribution in [1.82, 2.24) is 9.21 Å². The van der Waals surface area contributed by atoms with Gasteiger partial charge in [-0.3, -0.25) is 4.79 Å². The number of amides is 1. The molecule has 1 aromatic rings. The van der Waals surface area contributed by atoms with E-state index in [0.29, 0.717) is 36.3 Å². The van der Waals surface area contributed by atoms with Gasteiger partial charge in [0.1, 0.15) is 4.32 Å². The molecular weight excluding hydrogens is 418 g/mol. The van der Waals surface area contributed by atoms with Gasteiger partial charge in [-0.25, -0.2) is 8.42 Å². The van der Waals surface area contributed by atoms with Gasteiger partial charge in [-0.1, -0.05) is 30.0 Å². The van der Waals surface area contributed by atoms with Crippen molar-refractivity contribution in [3.8, 4) is 0 Å². The van der Waals surface area contributed by atoms with Crippen LogP contribution in [0.4, 0.5) is 5.69 Å². The van der Waals surface area contributed by atoms with Crippen molar-refractivity contribution in [2.75, 3.05) is 50.5 Å². The van der Waals surface area contributed by atoms with Gasteiger partial charge in [0, 0.05) is 31.9 Å². The van der Waals surface area contributed by atoms with Crippen LogP contribution in [0.25, 0.3) is 0 Å². The van der Waals surface area contributed by atoms with Crippen molar-refractivity contribution >= 4 is 49.9 Å². The van der Waals surface area contributed by atoms with Crippen LogP contribution in [0.3, 0.4) is 0 Å². The highest BCUT2D eigenvalue weighted by atomic mass is 32.2. The number of nitrogens with one attached hydrogen (secondary N) is 1. The van der Waals surface area contributed by atoms with E-state index < -0.39 is 10.0 Å². The van der Waals surface area contributed by atoms with Gasteiger partial charge in [0.05, 0.1) is 23.9 Å². The normalized spacial score (nSPS) is 15.2. The summed E-state index contributed by atoms with van der Waals surface area (Å²) in [6.07, 6.45) is 0. The molecule has 1 aliphatic rings. The fourth-order valence-corrected chi connectivity index (χ4v) is 5.36. The van der Waals surface area contributed by atoms with E-state index in [1.807, 2.05) is 25.7 Å². The quantitative estimate of drug-likeness (QED) is 0.645. The van der Waals surface area contributed by atoms with E-state index in [9.17, 15) is 13.2 Å². The molecular formula is C18H27N3O4S3. The molecule has 7 nitrogen and oxygen atoms in total. The first-order chi connectivity index (χ1) is 13.3. The summed E-state index contributed by atoms with van der Waals surface area (Å²) in [5, 5.41) is 2.81. The van der Waals surface area contributed by atoms with E-state index in [-0.39, 0.29) is 16.6 Å². The SMILES string of the molecule is CCN(CC)C(=S)SCC(=O)Nc1cc(S(=O)(=O)N2CCOCC2)ccc1C. The molecule has 0 radical (unpaired) electrons. The number of ether oxygens (including phenoxy) is 1. The summed E-state index contributed by atoms with van der Waals surface area (Å²) in [6, 6.07) is 4.79. The van der Waals surface area contributed by atoms with E-state index in [1.54, 1.807) is 12.1 Å². The number of thioether (sulfide) groups is 1. The summed E-state index contributed by atoms with van der Waals surface area (Å²) in [4.78, 5) is 14.5. The lowest BCUT2D eigenvalue weighted by molar-refractivity contribution is -0.113. The largest absolute Gasteiger partial charge is 0.379 e. The summed E-state index contributed by atoms with van der Waals surface area (Å²) in [5.74, 6) is -0.0431. The van der Waals surface area contributed by atoms with Gasteiger partial charge in [0.15, 0.2) is 0 Å². The lowest BCUT2D eigenvalue weighted by atomic mass is 10.2. The summed E-state index contributed by atoms with van der Waals surface area (Å²) in [5.41, 5.74) is 1.29. The number of thiocarbonyl (C=S) groups is 1. The molecule has 1 aliphatic heterocycles. The maximum atomic E-state index is 12.8. The predicted octanol–water partition coefficient (Wildman–Crippen LogP) is 2.31. The highest BCUT2D eigenvalue weighted by Gasteiger charge is 2.27. The van der Waals surface area contributed by atoms with E-state index in [2.05, 4.69) is 5.32 Å². The van der Waals surface area contributed by atoms with Crippen LogP contribution in [0.2, 0.25) is 0 Å². The third kappa shape index (κ3) is 5.90. The van der Waals surface area contributed by atoms with Crippen molar-refractivity contribution in [3.63, 3.8) is 0 Å². The molecule has 0 saturated carbocycles. The molecule has 156 valence electrons. The van der Waals surface area contributed by atoms with Crippen LogP contribution >= 0.6 is 24.0 Å². The molecule has 0 atom stereocenters. The van der Waals surface area contributed by atoms with E-state index in [0.717, 1.165) is 18.7 Å². The molecule has 1 N–H and O–H groups in total. The zero-order chi connectivity index (χ0) is 20.7. The number of carbonyl (C=O) groups is 1. The number of rotatable bonds is 7. The number of hydrogen-bond acceptors (Lipinski definition) is 6. The Kier molecular flexibility index (Phi) is 8.69. The Labute approximate surface area is 176 Å². The van der Waals surface area contributed by atoms with Gasteiger partial charge in [0.2, 0.25) is 15.9 Å². The van der Waals surface area contributed by atoms with Gasteiger partial charge in [-0.05, 0) is 38.5 Å². The van der Waals surface area contributed by atoms with Crippen LogP contribution in [0.5, 0.6) is 0 Å². The molecule has 2 rings (SSSR count). The number of aryl methyl sites for hydroxylation is 1. The molecule has 1 amide bonds. The average Bonchev–Trinajstić information content (AvgIpc) is 2.69. The summed E-state index contributed by atoms with van der Waals surface area (Å²) < 4.78 is 33.0. The van der Waals surface area contributed by atoms with Crippen LogP contribution in [0.1, 0.15) is 19.4 Å². The molecule has 28 heavy (non-hydrogen) atoms. The Morgan fingerprint density at radius 2 is 1.93 bits per heavy atom. The van der Waals surface area contributed by atoms with E-state index in [4.69, 9.17) is 17.0 Å². The third-order valence-corrected chi connectivity index (χ3v) is 7.86. The van der Waals surface area contributed by atoms with Crippen LogP contribution in [0, 0.1) is 6.92 Å². The second-order valence-electron chi connectivity index (χ2n) is 6.27. The first-order valence-corrected chi connectivity index (χ1v) is 12.0. The zero-order valence-electron chi connectivity index (χ0n) is 16.4. The number of carbonyl (C=O) groups excluding carboxylic acids is 1. The summed E-state index contributed by atoms with van der Waals surface area (Å²) in [6.45, 7) is 8.88. The Hall–Kier alpha value is -1.20. The minimum Gasteiger partial charge on any atom is -0.379 e. The standard InChI is InChI=1S/C18H27N3O4S3/c1-4-20(5-2)18(26)27-13-17(22)19-16-12-15(7-6-14(16)3)28(23,24)21-8-10-25-11-9-21/h6-7,12H,4-5,8-11,13H2,1-3H3,(H,19,22). The minimum atomic E-state index is -3.61. The van der Waals surface area contributed by atoms with Crippen LogP contribution in [-0.2, 0) is 19.6 Å². The fraction of sp³-hybridized carbons (Fsp3) is 0.556. The van der Waals surface area contributed by atoms with Crippen LogP contribution in [-0.4, -0.2) is 73.0 Å². The average molecular weight is 446 g/mol. The Balaban J connectivity index is 2.06. The van der Waals surface area contributed by atoms with Gasteiger partial charge in [0.25, 0.3) is 0 Å². The van der Waals surface area contributed by atoms with Gasteiger partial charge in [-0.2, -0.15) is 4.31 Å². The van der Waals surface area contributed by atoms with Crippen molar-refractivity contribution in [2.45, 2.75) is 25.7 Å². The van der Waals surface area contributed by atoms with Crippen molar-refractivity contribution in [2.24, 2.45) is 0 Å².